The molecule has 1 aliphatic carbocycles. The fraction of sp³-hybridized carbons (Fsp3) is 0.176. The smallest absolute Gasteiger partial charge is 0.232 e. The number of carbonyl (C=O) groups is 1. The minimum Gasteiger partial charge on any atom is -0.325 e. The number of aromatic amines is 1. The molecule has 0 radical (unpaired) electrons. The number of H-pyrrole nitrogens is 1. The van der Waals surface area contributed by atoms with Crippen molar-refractivity contribution in [1.29, 1.82) is 0 Å². The molecule has 0 aliphatic heterocycles. The Morgan fingerprint density at radius 3 is 3.14 bits per heavy atom. The molecule has 1 aromatic heterocycles. The number of aromatic nitrogens is 2. The monoisotopic (exact) mass is 311 g/mol. The number of hydrogen-bond acceptors (Lipinski definition) is 2. The van der Waals surface area contributed by atoms with E-state index in [4.69, 9.17) is 11.6 Å². The lowest BCUT2D eigenvalue weighted by Crippen LogP contribution is -2.30. The number of hydrogen-bond donors (Lipinski definition) is 2. The maximum atomic E-state index is 12.5. The fourth-order valence-electron chi connectivity index (χ4n) is 2.99. The largest absolute Gasteiger partial charge is 0.325 e. The van der Waals surface area contributed by atoms with Gasteiger partial charge in [0.1, 0.15) is 0 Å². The number of rotatable bonds is 2. The Morgan fingerprint density at radius 2 is 2.27 bits per heavy atom. The number of amides is 1. The first kappa shape index (κ1) is 13.3. The predicted octanol–water partition coefficient (Wildman–Crippen LogP) is 3.80. The molecule has 2 aromatic carbocycles. The van der Waals surface area contributed by atoms with Gasteiger partial charge in [0.2, 0.25) is 5.91 Å². The van der Waals surface area contributed by atoms with Gasteiger partial charge in [0.25, 0.3) is 0 Å². The fourth-order valence-corrected chi connectivity index (χ4v) is 3.25. The van der Waals surface area contributed by atoms with Gasteiger partial charge in [-0.25, -0.2) is 0 Å². The summed E-state index contributed by atoms with van der Waals surface area (Å²) in [6.07, 6.45) is 2.48. The van der Waals surface area contributed by atoms with Crippen LogP contribution < -0.4 is 5.32 Å². The average Bonchev–Trinajstić information content (AvgIpc) is 2.88. The second-order valence-corrected chi connectivity index (χ2v) is 6.09. The summed E-state index contributed by atoms with van der Waals surface area (Å²) in [7, 11) is 0. The van der Waals surface area contributed by atoms with Crippen LogP contribution in [-0.4, -0.2) is 16.1 Å². The number of anilines is 1. The topological polar surface area (TPSA) is 57.8 Å². The quantitative estimate of drug-likeness (QED) is 0.756. The SMILES string of the molecule is Cc1cc2cn[nH]c2cc1NC(=O)C1Cc2c(Cl)cccc21. The zero-order valence-electron chi connectivity index (χ0n) is 12.0. The molecule has 0 fully saturated rings. The van der Waals surface area contributed by atoms with Crippen molar-refractivity contribution in [2.75, 3.05) is 5.32 Å². The summed E-state index contributed by atoms with van der Waals surface area (Å²) in [5.74, 6) is -0.109. The van der Waals surface area contributed by atoms with Crippen molar-refractivity contribution in [3.05, 3.63) is 58.2 Å². The van der Waals surface area contributed by atoms with Crippen molar-refractivity contribution in [3.63, 3.8) is 0 Å². The Bertz CT molecular complexity index is 900. The molecule has 2 N–H and O–H groups in total. The summed E-state index contributed by atoms with van der Waals surface area (Å²) < 4.78 is 0. The minimum atomic E-state index is -0.120. The molecule has 1 aliphatic rings. The highest BCUT2D eigenvalue weighted by Crippen LogP contribution is 2.40. The summed E-state index contributed by atoms with van der Waals surface area (Å²) in [4.78, 5) is 12.5. The van der Waals surface area contributed by atoms with E-state index in [0.717, 1.165) is 38.3 Å². The maximum Gasteiger partial charge on any atom is 0.232 e. The van der Waals surface area contributed by atoms with E-state index in [9.17, 15) is 4.79 Å². The van der Waals surface area contributed by atoms with Crippen LogP contribution in [0.2, 0.25) is 5.02 Å². The van der Waals surface area contributed by atoms with Gasteiger partial charge in [0, 0.05) is 16.1 Å². The van der Waals surface area contributed by atoms with Gasteiger partial charge in [-0.05, 0) is 48.2 Å². The molecule has 0 saturated carbocycles. The third-order valence-electron chi connectivity index (χ3n) is 4.30. The van der Waals surface area contributed by atoms with Gasteiger partial charge in [-0.15, -0.1) is 0 Å². The van der Waals surface area contributed by atoms with E-state index in [2.05, 4.69) is 15.5 Å². The van der Waals surface area contributed by atoms with Crippen LogP contribution in [0.3, 0.4) is 0 Å². The number of benzene rings is 2. The molecule has 4 nitrogen and oxygen atoms in total. The van der Waals surface area contributed by atoms with Crippen molar-refractivity contribution < 1.29 is 4.79 Å². The second kappa shape index (κ2) is 4.85. The van der Waals surface area contributed by atoms with E-state index in [0.29, 0.717) is 6.42 Å². The first-order valence-corrected chi connectivity index (χ1v) is 7.53. The van der Waals surface area contributed by atoms with Crippen LogP contribution in [0.4, 0.5) is 5.69 Å². The Morgan fingerprint density at radius 1 is 1.41 bits per heavy atom. The molecule has 3 aromatic rings. The lowest BCUT2D eigenvalue weighted by atomic mass is 9.77. The standard InChI is InChI=1S/C17H14ClN3O/c1-9-5-10-8-19-21-16(10)7-15(9)20-17(22)13-6-12-11(13)3-2-4-14(12)18/h2-5,7-8,13H,6H2,1H3,(H,19,21)(H,20,22). The summed E-state index contributed by atoms with van der Waals surface area (Å²) in [6, 6.07) is 9.67. The van der Waals surface area contributed by atoms with E-state index in [-0.39, 0.29) is 11.8 Å². The van der Waals surface area contributed by atoms with Crippen molar-refractivity contribution in [2.24, 2.45) is 0 Å². The minimum absolute atomic E-state index is 0.0109. The van der Waals surface area contributed by atoms with Gasteiger partial charge in [0.15, 0.2) is 0 Å². The summed E-state index contributed by atoms with van der Waals surface area (Å²) >= 11 is 6.13. The van der Waals surface area contributed by atoms with E-state index in [1.807, 2.05) is 37.3 Å². The van der Waals surface area contributed by atoms with Gasteiger partial charge in [-0.1, -0.05) is 23.7 Å². The van der Waals surface area contributed by atoms with Crippen LogP contribution in [0.15, 0.2) is 36.5 Å². The van der Waals surface area contributed by atoms with E-state index in [1.165, 1.54) is 0 Å². The van der Waals surface area contributed by atoms with Gasteiger partial charge in [-0.2, -0.15) is 5.10 Å². The molecule has 0 spiro atoms. The van der Waals surface area contributed by atoms with E-state index in [1.54, 1.807) is 6.20 Å². The van der Waals surface area contributed by atoms with Crippen LogP contribution >= 0.6 is 11.6 Å². The number of nitrogens with one attached hydrogen (secondary N) is 2. The molecular weight excluding hydrogens is 298 g/mol. The molecule has 0 bridgehead atoms. The molecule has 110 valence electrons. The predicted molar refractivity (Wildman–Crippen MR) is 87.4 cm³/mol. The van der Waals surface area contributed by atoms with Gasteiger partial charge in [-0.3, -0.25) is 9.89 Å². The maximum absolute atomic E-state index is 12.5. The van der Waals surface area contributed by atoms with Crippen molar-refractivity contribution >= 4 is 34.1 Å². The van der Waals surface area contributed by atoms with E-state index >= 15 is 0 Å². The number of fused-ring (bicyclic) bond motifs is 2. The van der Waals surface area contributed by atoms with Crippen LogP contribution in [0.25, 0.3) is 10.9 Å². The average molecular weight is 312 g/mol. The highest BCUT2D eigenvalue weighted by molar-refractivity contribution is 6.31. The normalized spacial score (nSPS) is 16.2. The number of nitrogens with zero attached hydrogens (tertiary/aromatic N) is 1. The molecule has 1 atom stereocenters. The number of carbonyl (C=O) groups excluding carboxylic acids is 1. The molecule has 0 saturated heterocycles. The Balaban J connectivity index is 1.60. The van der Waals surface area contributed by atoms with Crippen molar-refractivity contribution in [3.8, 4) is 0 Å². The third-order valence-corrected chi connectivity index (χ3v) is 4.65. The van der Waals surface area contributed by atoms with Gasteiger partial charge in [0.05, 0.1) is 17.6 Å². The lowest BCUT2D eigenvalue weighted by Gasteiger charge is -2.30. The molecule has 1 unspecified atom stereocenters. The Hall–Kier alpha value is -2.33. The highest BCUT2D eigenvalue weighted by atomic mass is 35.5. The van der Waals surface area contributed by atoms with Gasteiger partial charge < -0.3 is 5.32 Å². The van der Waals surface area contributed by atoms with Gasteiger partial charge >= 0.3 is 0 Å². The molecule has 1 amide bonds. The van der Waals surface area contributed by atoms with Crippen LogP contribution in [0.1, 0.15) is 22.6 Å². The number of halogens is 1. The van der Waals surface area contributed by atoms with Crippen LogP contribution in [0.5, 0.6) is 0 Å². The molecular formula is C17H14ClN3O. The van der Waals surface area contributed by atoms with E-state index < -0.39 is 0 Å². The Kier molecular flexibility index (Phi) is 2.94. The molecule has 22 heavy (non-hydrogen) atoms. The first-order chi connectivity index (χ1) is 10.6. The van der Waals surface area contributed by atoms with Crippen LogP contribution in [-0.2, 0) is 11.2 Å². The zero-order valence-corrected chi connectivity index (χ0v) is 12.7. The Labute approximate surface area is 132 Å². The van der Waals surface area contributed by atoms with Crippen molar-refractivity contribution in [1.82, 2.24) is 10.2 Å². The number of aryl methyl sites for hydroxylation is 1. The molecule has 1 heterocycles. The molecule has 4 rings (SSSR count). The lowest BCUT2D eigenvalue weighted by molar-refractivity contribution is -0.118. The van der Waals surface area contributed by atoms with Crippen molar-refractivity contribution in [2.45, 2.75) is 19.3 Å². The summed E-state index contributed by atoms with van der Waals surface area (Å²) in [6.45, 7) is 1.98. The van der Waals surface area contributed by atoms with Crippen LogP contribution in [0, 0.1) is 6.92 Å². The zero-order chi connectivity index (χ0) is 15.3. The summed E-state index contributed by atoms with van der Waals surface area (Å²) in [5.41, 5.74) is 4.87. The second-order valence-electron chi connectivity index (χ2n) is 5.68. The molecule has 5 heteroatoms. The third kappa shape index (κ3) is 1.99. The highest BCUT2D eigenvalue weighted by Gasteiger charge is 2.33. The summed E-state index contributed by atoms with van der Waals surface area (Å²) in [5, 5.41) is 11.7. The first-order valence-electron chi connectivity index (χ1n) is 7.15.